The molecule has 2 amide bonds. The first-order valence-corrected chi connectivity index (χ1v) is 8.79. The van der Waals surface area contributed by atoms with Crippen molar-refractivity contribution in [2.45, 2.75) is 20.3 Å². The highest BCUT2D eigenvalue weighted by atomic mass is 32.1. The zero-order valence-electron chi connectivity index (χ0n) is 14.6. The molecular weight excluding hydrogens is 346 g/mol. The fraction of sp³-hybridized carbons (Fsp3) is 0.200. The van der Waals surface area contributed by atoms with E-state index in [0.29, 0.717) is 11.4 Å². The number of amides is 2. The van der Waals surface area contributed by atoms with E-state index in [1.807, 2.05) is 43.3 Å². The number of carbonyl (C=O) groups excluding carboxylic acids is 2. The molecular formula is C20H19N3O2S. The molecule has 132 valence electrons. The molecule has 0 unspecified atom stereocenters. The maximum atomic E-state index is 12.8. The predicted octanol–water partition coefficient (Wildman–Crippen LogP) is 3.32. The van der Waals surface area contributed by atoms with Gasteiger partial charge in [-0.1, -0.05) is 36.8 Å². The summed E-state index contributed by atoms with van der Waals surface area (Å²) in [5.74, 6) is -1.89. The van der Waals surface area contributed by atoms with Gasteiger partial charge in [0.1, 0.15) is 0 Å². The van der Waals surface area contributed by atoms with E-state index in [1.165, 1.54) is 16.7 Å². The molecule has 2 aromatic carbocycles. The maximum Gasteiger partial charge on any atom is 0.251 e. The first-order chi connectivity index (χ1) is 12.5. The van der Waals surface area contributed by atoms with Crippen LogP contribution < -0.4 is 10.2 Å². The van der Waals surface area contributed by atoms with Gasteiger partial charge < -0.3 is 5.32 Å². The van der Waals surface area contributed by atoms with Gasteiger partial charge in [0.25, 0.3) is 5.91 Å². The van der Waals surface area contributed by atoms with Gasteiger partial charge in [0.05, 0.1) is 11.4 Å². The summed E-state index contributed by atoms with van der Waals surface area (Å²) in [4.78, 5) is 30.7. The van der Waals surface area contributed by atoms with Crippen molar-refractivity contribution in [3.05, 3.63) is 59.7 Å². The standard InChI is InChI=1S/C20H19N3O2S/c1-3-14-6-8-15(9-7-14)21-12-17-18(24)22-20(26)23(19(17)25)16-10-4-13(2)5-11-16/h4-12,17H,3H2,1-2H3,(H,22,24,26)/t17-/m1/s1. The van der Waals surface area contributed by atoms with Crippen LogP contribution in [-0.2, 0) is 16.0 Å². The fourth-order valence-electron chi connectivity index (χ4n) is 2.64. The van der Waals surface area contributed by atoms with Crippen molar-refractivity contribution in [2.75, 3.05) is 4.90 Å². The summed E-state index contributed by atoms with van der Waals surface area (Å²) in [5.41, 5.74) is 3.59. The smallest absolute Gasteiger partial charge is 0.251 e. The lowest BCUT2D eigenvalue weighted by Crippen LogP contribution is -2.58. The van der Waals surface area contributed by atoms with Crippen molar-refractivity contribution in [1.82, 2.24) is 5.32 Å². The Morgan fingerprint density at radius 1 is 1.12 bits per heavy atom. The number of thiocarbonyl (C=S) groups is 1. The van der Waals surface area contributed by atoms with Crippen LogP contribution in [0, 0.1) is 12.8 Å². The van der Waals surface area contributed by atoms with Crippen molar-refractivity contribution in [1.29, 1.82) is 0 Å². The molecule has 26 heavy (non-hydrogen) atoms. The Morgan fingerprint density at radius 3 is 2.38 bits per heavy atom. The highest BCUT2D eigenvalue weighted by molar-refractivity contribution is 7.80. The highest BCUT2D eigenvalue weighted by Crippen LogP contribution is 2.21. The van der Waals surface area contributed by atoms with Crippen LogP contribution in [0.2, 0.25) is 0 Å². The van der Waals surface area contributed by atoms with Crippen LogP contribution in [0.5, 0.6) is 0 Å². The molecule has 0 radical (unpaired) electrons. The minimum atomic E-state index is -1.02. The fourth-order valence-corrected chi connectivity index (χ4v) is 2.93. The molecule has 5 nitrogen and oxygen atoms in total. The van der Waals surface area contributed by atoms with E-state index in [2.05, 4.69) is 17.2 Å². The Kier molecular flexibility index (Phi) is 5.23. The molecule has 0 spiro atoms. The van der Waals surface area contributed by atoms with Gasteiger partial charge >= 0.3 is 0 Å². The molecule has 1 aliphatic rings. The number of nitrogens with one attached hydrogen (secondary N) is 1. The van der Waals surface area contributed by atoms with E-state index in [9.17, 15) is 9.59 Å². The van der Waals surface area contributed by atoms with Gasteiger partial charge in [-0.25, -0.2) is 0 Å². The normalized spacial score (nSPS) is 17.7. The predicted molar refractivity (Wildman–Crippen MR) is 107 cm³/mol. The Balaban J connectivity index is 1.84. The third kappa shape index (κ3) is 3.70. The number of benzene rings is 2. The van der Waals surface area contributed by atoms with Crippen LogP contribution in [0.15, 0.2) is 53.5 Å². The van der Waals surface area contributed by atoms with Crippen molar-refractivity contribution >= 4 is 46.7 Å². The van der Waals surface area contributed by atoms with E-state index in [4.69, 9.17) is 12.2 Å². The first-order valence-electron chi connectivity index (χ1n) is 8.38. The zero-order valence-corrected chi connectivity index (χ0v) is 15.4. The van der Waals surface area contributed by atoms with Gasteiger partial charge in [0.15, 0.2) is 11.0 Å². The monoisotopic (exact) mass is 365 g/mol. The second-order valence-corrected chi connectivity index (χ2v) is 6.47. The minimum Gasteiger partial charge on any atom is -0.301 e. The Labute approximate surface area is 157 Å². The second-order valence-electron chi connectivity index (χ2n) is 6.08. The molecule has 0 aliphatic carbocycles. The summed E-state index contributed by atoms with van der Waals surface area (Å²) >= 11 is 5.18. The first kappa shape index (κ1) is 17.9. The molecule has 1 saturated heterocycles. The number of carbonyl (C=O) groups is 2. The third-order valence-corrected chi connectivity index (χ3v) is 4.50. The lowest BCUT2D eigenvalue weighted by atomic mass is 10.1. The highest BCUT2D eigenvalue weighted by Gasteiger charge is 2.38. The molecule has 6 heteroatoms. The molecule has 1 N–H and O–H groups in total. The lowest BCUT2D eigenvalue weighted by Gasteiger charge is -2.30. The lowest BCUT2D eigenvalue weighted by molar-refractivity contribution is -0.130. The van der Waals surface area contributed by atoms with Crippen LogP contribution in [0.25, 0.3) is 0 Å². The van der Waals surface area contributed by atoms with Crippen molar-refractivity contribution < 1.29 is 9.59 Å². The molecule has 2 aromatic rings. The van der Waals surface area contributed by atoms with E-state index in [1.54, 1.807) is 12.1 Å². The topological polar surface area (TPSA) is 61.8 Å². The molecule has 0 bridgehead atoms. The number of hydrogen-bond acceptors (Lipinski definition) is 4. The molecule has 3 rings (SSSR count). The van der Waals surface area contributed by atoms with Crippen LogP contribution >= 0.6 is 12.2 Å². The van der Waals surface area contributed by atoms with Crippen LogP contribution in [-0.4, -0.2) is 23.1 Å². The van der Waals surface area contributed by atoms with Crippen molar-refractivity contribution in [3.8, 4) is 0 Å². The van der Waals surface area contributed by atoms with E-state index in [-0.39, 0.29) is 5.11 Å². The van der Waals surface area contributed by atoms with Crippen LogP contribution in [0.1, 0.15) is 18.1 Å². The van der Waals surface area contributed by atoms with Gasteiger partial charge in [-0.15, -0.1) is 0 Å². The summed E-state index contributed by atoms with van der Waals surface area (Å²) in [6, 6.07) is 15.1. The summed E-state index contributed by atoms with van der Waals surface area (Å²) < 4.78 is 0. The SMILES string of the molecule is CCc1ccc(N=C[C@@H]2C(=O)NC(=S)N(c3ccc(C)cc3)C2=O)cc1. The maximum absolute atomic E-state index is 12.8. The van der Waals surface area contributed by atoms with Crippen molar-refractivity contribution in [2.24, 2.45) is 10.9 Å². The van der Waals surface area contributed by atoms with E-state index in [0.717, 1.165) is 12.0 Å². The summed E-state index contributed by atoms with van der Waals surface area (Å²) in [6.45, 7) is 4.03. The van der Waals surface area contributed by atoms with E-state index < -0.39 is 17.7 Å². The molecule has 1 heterocycles. The Morgan fingerprint density at radius 2 is 1.77 bits per heavy atom. The largest absolute Gasteiger partial charge is 0.301 e. The van der Waals surface area contributed by atoms with Gasteiger partial charge in [-0.3, -0.25) is 19.5 Å². The van der Waals surface area contributed by atoms with Gasteiger partial charge in [0, 0.05) is 6.21 Å². The molecule has 1 fully saturated rings. The summed E-state index contributed by atoms with van der Waals surface area (Å²) in [5, 5.41) is 2.67. The van der Waals surface area contributed by atoms with E-state index >= 15 is 0 Å². The summed E-state index contributed by atoms with van der Waals surface area (Å²) in [6.07, 6.45) is 2.32. The minimum absolute atomic E-state index is 0.0841. The van der Waals surface area contributed by atoms with Crippen molar-refractivity contribution in [3.63, 3.8) is 0 Å². The third-order valence-electron chi connectivity index (χ3n) is 4.21. The second kappa shape index (κ2) is 7.58. The van der Waals surface area contributed by atoms with Gasteiger partial charge in [-0.05, 0) is 55.4 Å². The van der Waals surface area contributed by atoms with Gasteiger partial charge in [0.2, 0.25) is 5.91 Å². The molecule has 0 aromatic heterocycles. The number of aliphatic imine (C=N–C) groups is 1. The number of rotatable bonds is 4. The average Bonchev–Trinajstić information content (AvgIpc) is 2.63. The molecule has 1 aliphatic heterocycles. The van der Waals surface area contributed by atoms with Crippen LogP contribution in [0.4, 0.5) is 11.4 Å². The number of aryl methyl sites for hydroxylation is 2. The Hall–Kier alpha value is -2.86. The molecule has 0 saturated carbocycles. The quantitative estimate of drug-likeness (QED) is 0.514. The zero-order chi connectivity index (χ0) is 18.7. The number of anilines is 1. The summed E-state index contributed by atoms with van der Waals surface area (Å²) in [7, 11) is 0. The average molecular weight is 365 g/mol. The van der Waals surface area contributed by atoms with Crippen LogP contribution in [0.3, 0.4) is 0 Å². The Bertz CT molecular complexity index is 873. The molecule has 1 atom stereocenters. The van der Waals surface area contributed by atoms with Gasteiger partial charge in [-0.2, -0.15) is 0 Å². The number of hydrogen-bond donors (Lipinski definition) is 1. The number of nitrogens with zero attached hydrogens (tertiary/aromatic N) is 2.